The lowest BCUT2D eigenvalue weighted by Gasteiger charge is -2.15. The monoisotopic (exact) mass is 257 g/mol. The van der Waals surface area contributed by atoms with Crippen molar-refractivity contribution >= 4 is 0 Å². The smallest absolute Gasteiger partial charge is 0.131 e. The van der Waals surface area contributed by atoms with Gasteiger partial charge in [0.15, 0.2) is 0 Å². The lowest BCUT2D eigenvalue weighted by atomic mass is 9.97. The highest BCUT2D eigenvalue weighted by molar-refractivity contribution is 5.69. The molecule has 2 nitrogen and oxygen atoms in total. The van der Waals surface area contributed by atoms with Gasteiger partial charge in [-0.2, -0.15) is 0 Å². The number of hydrogen-bond acceptors (Lipinski definition) is 2. The fourth-order valence-electron chi connectivity index (χ4n) is 1.96. The Bertz CT molecular complexity index is 492. The van der Waals surface area contributed by atoms with Gasteiger partial charge >= 0.3 is 0 Å². The van der Waals surface area contributed by atoms with Crippen LogP contribution in [0.2, 0.25) is 0 Å². The van der Waals surface area contributed by atoms with Gasteiger partial charge in [0.2, 0.25) is 0 Å². The molecule has 1 aromatic heterocycles. The number of pyridine rings is 1. The molecule has 0 radical (unpaired) electrons. The van der Waals surface area contributed by atoms with Crippen molar-refractivity contribution in [2.24, 2.45) is 0 Å². The van der Waals surface area contributed by atoms with E-state index < -0.39 is 0 Å². The first kappa shape index (κ1) is 15.2. The molecule has 0 unspecified atom stereocenters. The van der Waals surface area contributed by atoms with Crippen LogP contribution in [0.25, 0.3) is 11.3 Å². The van der Waals surface area contributed by atoms with Crippen molar-refractivity contribution in [1.82, 2.24) is 4.98 Å². The van der Waals surface area contributed by atoms with Crippen molar-refractivity contribution in [2.45, 2.75) is 33.6 Å². The molecule has 0 saturated heterocycles. The van der Waals surface area contributed by atoms with Gasteiger partial charge in [-0.3, -0.25) is 4.98 Å². The third-order valence-corrected chi connectivity index (χ3v) is 2.81. The molecule has 19 heavy (non-hydrogen) atoms. The van der Waals surface area contributed by atoms with E-state index in [0.29, 0.717) is 5.92 Å². The van der Waals surface area contributed by atoms with E-state index >= 15 is 0 Å². The molecule has 0 N–H and O–H groups in total. The van der Waals surface area contributed by atoms with Gasteiger partial charge < -0.3 is 4.74 Å². The highest BCUT2D eigenvalue weighted by Gasteiger charge is 2.13. The van der Waals surface area contributed by atoms with Crippen LogP contribution in [-0.4, -0.2) is 12.1 Å². The van der Waals surface area contributed by atoms with Crippen molar-refractivity contribution in [3.05, 3.63) is 48.2 Å². The van der Waals surface area contributed by atoms with E-state index in [-0.39, 0.29) is 0 Å². The number of para-hydroxylation sites is 1. The minimum Gasteiger partial charge on any atom is -0.496 e. The molecule has 0 amide bonds. The van der Waals surface area contributed by atoms with Crippen molar-refractivity contribution in [2.75, 3.05) is 7.11 Å². The normalized spacial score (nSPS) is 9.79. The summed E-state index contributed by atoms with van der Waals surface area (Å²) in [5, 5.41) is 0. The highest BCUT2D eigenvalue weighted by Crippen LogP contribution is 2.35. The summed E-state index contributed by atoms with van der Waals surface area (Å²) in [6.45, 7) is 8.33. The maximum Gasteiger partial charge on any atom is 0.131 e. The number of aromatic nitrogens is 1. The first-order valence-corrected chi connectivity index (χ1v) is 6.82. The Hall–Kier alpha value is -1.83. The highest BCUT2D eigenvalue weighted by atomic mass is 16.5. The fourth-order valence-corrected chi connectivity index (χ4v) is 1.96. The number of benzene rings is 1. The minimum absolute atomic E-state index is 0.439. The van der Waals surface area contributed by atoms with Crippen LogP contribution in [0.5, 0.6) is 5.75 Å². The first-order valence-electron chi connectivity index (χ1n) is 6.82. The predicted molar refractivity (Wildman–Crippen MR) is 81.7 cm³/mol. The van der Waals surface area contributed by atoms with Crippen molar-refractivity contribution in [1.29, 1.82) is 0 Å². The minimum atomic E-state index is 0.439. The predicted octanol–water partition coefficient (Wildman–Crippen LogP) is 4.91. The molecular formula is C17H23NO. The van der Waals surface area contributed by atoms with Gasteiger partial charge in [0.1, 0.15) is 5.75 Å². The molecule has 1 heterocycles. The van der Waals surface area contributed by atoms with Crippen LogP contribution in [0.3, 0.4) is 0 Å². The van der Waals surface area contributed by atoms with E-state index in [9.17, 15) is 0 Å². The van der Waals surface area contributed by atoms with Crippen LogP contribution in [0, 0.1) is 0 Å². The van der Waals surface area contributed by atoms with Gasteiger partial charge in [-0.05, 0) is 29.7 Å². The third kappa shape index (κ3) is 3.57. The summed E-state index contributed by atoms with van der Waals surface area (Å²) in [6, 6.07) is 12.1. The summed E-state index contributed by atoms with van der Waals surface area (Å²) in [5.74, 6) is 1.37. The molecule has 0 aliphatic rings. The SMILES string of the molecule is CC.COc1c(-c2ccccn2)cccc1C(C)C. The zero-order chi connectivity index (χ0) is 14.3. The molecular weight excluding hydrogens is 234 g/mol. The van der Waals surface area contributed by atoms with E-state index in [0.717, 1.165) is 17.0 Å². The summed E-state index contributed by atoms with van der Waals surface area (Å²) >= 11 is 0. The Balaban J connectivity index is 0.000000861. The Kier molecular flexibility index (Phi) is 6.07. The van der Waals surface area contributed by atoms with Crippen LogP contribution >= 0.6 is 0 Å². The van der Waals surface area contributed by atoms with Crippen molar-refractivity contribution in [3.63, 3.8) is 0 Å². The number of rotatable bonds is 3. The van der Waals surface area contributed by atoms with Crippen LogP contribution in [0.1, 0.15) is 39.2 Å². The molecule has 1 aromatic carbocycles. The maximum absolute atomic E-state index is 5.55. The summed E-state index contributed by atoms with van der Waals surface area (Å²) in [5.41, 5.74) is 3.22. The summed E-state index contributed by atoms with van der Waals surface area (Å²) in [4.78, 5) is 4.38. The van der Waals surface area contributed by atoms with Crippen LogP contribution in [0.4, 0.5) is 0 Å². The molecule has 2 rings (SSSR count). The molecule has 0 spiro atoms. The van der Waals surface area contributed by atoms with Gasteiger partial charge in [-0.15, -0.1) is 0 Å². The van der Waals surface area contributed by atoms with Crippen LogP contribution in [0.15, 0.2) is 42.6 Å². The van der Waals surface area contributed by atoms with Crippen molar-refractivity contribution in [3.8, 4) is 17.0 Å². The number of hydrogen-bond donors (Lipinski definition) is 0. The standard InChI is InChI=1S/C15H17NO.C2H6/c1-11(2)12-7-6-8-13(15(12)17-3)14-9-4-5-10-16-14;1-2/h4-11H,1-3H3;1-2H3. The zero-order valence-electron chi connectivity index (χ0n) is 12.5. The summed E-state index contributed by atoms with van der Waals surface area (Å²) in [6.07, 6.45) is 1.80. The van der Waals surface area contributed by atoms with Gasteiger partial charge in [0.25, 0.3) is 0 Å². The Morgan fingerprint density at radius 3 is 2.26 bits per heavy atom. The Labute approximate surface area is 116 Å². The van der Waals surface area contributed by atoms with Gasteiger partial charge in [-0.1, -0.05) is 45.9 Å². The van der Waals surface area contributed by atoms with Gasteiger partial charge in [-0.25, -0.2) is 0 Å². The van der Waals surface area contributed by atoms with E-state index in [2.05, 4.69) is 31.0 Å². The average molecular weight is 257 g/mol. The largest absolute Gasteiger partial charge is 0.496 e. The van der Waals surface area contributed by atoms with Crippen LogP contribution in [-0.2, 0) is 0 Å². The molecule has 2 aromatic rings. The molecule has 0 aliphatic carbocycles. The van der Waals surface area contributed by atoms with E-state index in [4.69, 9.17) is 4.74 Å². The lowest BCUT2D eigenvalue weighted by Crippen LogP contribution is -1.97. The van der Waals surface area contributed by atoms with Crippen molar-refractivity contribution < 1.29 is 4.74 Å². The average Bonchev–Trinajstić information content (AvgIpc) is 2.49. The third-order valence-electron chi connectivity index (χ3n) is 2.81. The molecule has 0 saturated carbocycles. The first-order chi connectivity index (χ1) is 9.24. The molecule has 0 fully saturated rings. The Morgan fingerprint density at radius 2 is 1.74 bits per heavy atom. The number of nitrogens with zero attached hydrogens (tertiary/aromatic N) is 1. The van der Waals surface area contributed by atoms with E-state index in [1.807, 2.05) is 38.1 Å². The second kappa shape index (κ2) is 7.57. The quantitative estimate of drug-likeness (QED) is 0.779. The summed E-state index contributed by atoms with van der Waals surface area (Å²) in [7, 11) is 1.72. The van der Waals surface area contributed by atoms with Crippen LogP contribution < -0.4 is 4.74 Å². The van der Waals surface area contributed by atoms with E-state index in [1.54, 1.807) is 13.3 Å². The van der Waals surface area contributed by atoms with Gasteiger partial charge in [0, 0.05) is 11.8 Å². The zero-order valence-corrected chi connectivity index (χ0v) is 12.5. The second-order valence-corrected chi connectivity index (χ2v) is 4.30. The lowest BCUT2D eigenvalue weighted by molar-refractivity contribution is 0.409. The molecule has 102 valence electrons. The maximum atomic E-state index is 5.55. The topological polar surface area (TPSA) is 22.1 Å². The molecule has 0 atom stereocenters. The van der Waals surface area contributed by atoms with Gasteiger partial charge in [0.05, 0.1) is 12.8 Å². The molecule has 0 aliphatic heterocycles. The molecule has 2 heteroatoms. The number of methoxy groups -OCH3 is 1. The van der Waals surface area contributed by atoms with E-state index in [1.165, 1.54) is 5.56 Å². The summed E-state index contributed by atoms with van der Waals surface area (Å²) < 4.78 is 5.55. The Morgan fingerprint density at radius 1 is 1.00 bits per heavy atom. The number of ether oxygens (including phenoxy) is 1. The molecule has 0 bridgehead atoms. The second-order valence-electron chi connectivity index (χ2n) is 4.30. The fraction of sp³-hybridized carbons (Fsp3) is 0.353.